The minimum absolute atomic E-state index is 0.203. The van der Waals surface area contributed by atoms with Crippen molar-refractivity contribution in [3.63, 3.8) is 0 Å². The van der Waals surface area contributed by atoms with Crippen molar-refractivity contribution in [3.05, 3.63) is 36.4 Å². The molecule has 7 N–H and O–H groups in total. The van der Waals surface area contributed by atoms with Crippen molar-refractivity contribution in [2.75, 3.05) is 58.0 Å². The van der Waals surface area contributed by atoms with Crippen molar-refractivity contribution in [1.82, 2.24) is 0 Å². The Kier molecular flexibility index (Phi) is 17.3. The van der Waals surface area contributed by atoms with Gasteiger partial charge in [-0.15, -0.1) is 29.1 Å². The normalized spacial score (nSPS) is 13.2. The standard InChI is InChI=1S/C30H33N5O23S6/c1-50-18-13-23(61(40,41)7-5-54-64(47,48)49)20(52-3)12-17(18)33-35-29-25(63(44,45)46)10-15-9-22(59-57-55-37)28(30(36)26(15)27(29)31)34-32-16-11-21(53-4)24(14-19(16)51-2)62(42,43)8-6-60(39)58-56-38/h9-14,36-38H,5-8,31H2,1-4H3,(H,44,45,46)(H,47,48,49)/b34-32+,35-33+. The zero-order valence-electron chi connectivity index (χ0n) is 32.7. The summed E-state index contributed by atoms with van der Waals surface area (Å²) in [6, 6.07) is 5.81. The van der Waals surface area contributed by atoms with Crippen molar-refractivity contribution in [1.29, 1.82) is 0 Å². The van der Waals surface area contributed by atoms with E-state index in [1.54, 1.807) is 0 Å². The summed E-state index contributed by atoms with van der Waals surface area (Å²) < 4.78 is 164. The molecule has 0 saturated carbocycles. The largest absolute Gasteiger partial charge is 0.505 e. The van der Waals surface area contributed by atoms with Crippen LogP contribution < -0.4 is 24.7 Å². The third kappa shape index (κ3) is 12.4. The summed E-state index contributed by atoms with van der Waals surface area (Å²) >= 11 is -2.16. The van der Waals surface area contributed by atoms with Crippen LogP contribution in [0.4, 0.5) is 28.4 Å². The minimum atomic E-state index is -5.24. The molecular formula is C30H33N5O23S6. The van der Waals surface area contributed by atoms with Gasteiger partial charge in [-0.1, -0.05) is 10.1 Å². The van der Waals surface area contributed by atoms with Crippen LogP contribution in [-0.4, -0.2) is 115 Å². The Bertz CT molecular complexity index is 2950. The first-order valence-electron chi connectivity index (χ1n) is 16.5. The van der Waals surface area contributed by atoms with E-state index in [1.165, 1.54) is 0 Å². The highest BCUT2D eigenvalue weighted by Crippen LogP contribution is 2.50. The number of fused-ring (bicyclic) bond motifs is 1. The number of ether oxygens (including phenoxy) is 4. The molecule has 0 aliphatic carbocycles. The van der Waals surface area contributed by atoms with Crippen LogP contribution in [0.5, 0.6) is 28.7 Å². The van der Waals surface area contributed by atoms with Crippen molar-refractivity contribution >= 4 is 103 Å². The molecule has 0 amide bonds. The molecule has 1 atom stereocenters. The maximum atomic E-state index is 13.1. The minimum Gasteiger partial charge on any atom is -0.505 e. The maximum Gasteiger partial charge on any atom is 0.397 e. The third-order valence-electron chi connectivity index (χ3n) is 8.07. The van der Waals surface area contributed by atoms with Crippen LogP contribution in [0.2, 0.25) is 0 Å². The lowest BCUT2D eigenvalue weighted by Crippen LogP contribution is -2.16. The number of benzene rings is 4. The lowest BCUT2D eigenvalue weighted by atomic mass is 10.1. The van der Waals surface area contributed by atoms with Gasteiger partial charge in [-0.05, 0) is 17.5 Å². The van der Waals surface area contributed by atoms with Gasteiger partial charge >= 0.3 is 10.4 Å². The highest BCUT2D eigenvalue weighted by atomic mass is 32.3. The smallest absolute Gasteiger partial charge is 0.397 e. The molecule has 4 aromatic rings. The van der Waals surface area contributed by atoms with Gasteiger partial charge < -0.3 is 29.8 Å². The Morgan fingerprint density at radius 2 is 1.19 bits per heavy atom. The first-order chi connectivity index (χ1) is 30.0. The van der Waals surface area contributed by atoms with E-state index >= 15 is 0 Å². The van der Waals surface area contributed by atoms with Crippen LogP contribution in [-0.2, 0) is 74.2 Å². The zero-order chi connectivity index (χ0) is 47.8. The van der Waals surface area contributed by atoms with Crippen LogP contribution >= 0.6 is 12.0 Å². The molecule has 0 bridgehead atoms. The van der Waals surface area contributed by atoms with Gasteiger partial charge in [0.05, 0.1) is 80.3 Å². The summed E-state index contributed by atoms with van der Waals surface area (Å²) in [6.45, 7) is -0.984. The van der Waals surface area contributed by atoms with E-state index < -0.39 is 124 Å². The van der Waals surface area contributed by atoms with E-state index in [0.717, 1.165) is 64.8 Å². The number of phenolic OH excluding ortho intramolecular Hbond substituents is 1. The molecule has 4 rings (SSSR count). The zero-order valence-corrected chi connectivity index (χ0v) is 37.6. The molecule has 1 unspecified atom stereocenters. The monoisotopic (exact) mass is 1020 g/mol. The molecule has 352 valence electrons. The molecule has 4 aromatic carbocycles. The Hall–Kier alpha value is -4.92. The van der Waals surface area contributed by atoms with Gasteiger partial charge in [-0.3, -0.25) is 9.11 Å². The third-order valence-corrected chi connectivity index (χ3v) is 14.5. The average molecular weight is 1020 g/mol. The number of aromatic hydroxyl groups is 1. The van der Waals surface area contributed by atoms with Crippen LogP contribution in [0.3, 0.4) is 0 Å². The van der Waals surface area contributed by atoms with Crippen LogP contribution in [0, 0.1) is 0 Å². The van der Waals surface area contributed by atoms with Gasteiger partial charge in [0.25, 0.3) is 10.1 Å². The Balaban J connectivity index is 1.91. The van der Waals surface area contributed by atoms with Gasteiger partial charge in [0.1, 0.15) is 60.4 Å². The molecule has 0 saturated heterocycles. The van der Waals surface area contributed by atoms with Crippen molar-refractivity contribution in [2.45, 2.75) is 19.6 Å². The quantitative estimate of drug-likeness (QED) is 0.0152. The van der Waals surface area contributed by atoms with E-state index in [0.29, 0.717) is 0 Å². The number of sulfone groups is 2. The van der Waals surface area contributed by atoms with Gasteiger partial charge in [-0.25, -0.2) is 35.7 Å². The maximum absolute atomic E-state index is 13.1. The lowest BCUT2D eigenvalue weighted by Gasteiger charge is -2.15. The molecule has 0 heterocycles. The SMILES string of the molecule is COc1cc(S(=O)(=O)CCOS(=O)(=O)O)c(OC)cc1/N=N/c1c(S(=O)(=O)O)cc2cc(SOOO)c(/N=N/c3cc(OC)c(S(=O)(=O)CCS(=O)OOO)cc3OC)c(O)c2c1N. The second-order valence-corrected chi connectivity index (χ2v) is 20.3. The first kappa shape index (κ1) is 51.7. The van der Waals surface area contributed by atoms with Gasteiger partial charge in [0.15, 0.2) is 36.5 Å². The summed E-state index contributed by atoms with van der Waals surface area (Å²) in [5.74, 6) is -4.57. The number of azo groups is 2. The molecule has 0 fully saturated rings. The van der Waals surface area contributed by atoms with Crippen LogP contribution in [0.15, 0.2) is 76.4 Å². The number of nitrogens with zero attached hydrogens (tertiary/aromatic N) is 4. The molecule has 64 heavy (non-hydrogen) atoms. The van der Waals surface area contributed by atoms with E-state index in [1.807, 2.05) is 0 Å². The Labute approximate surface area is 368 Å². The highest BCUT2D eigenvalue weighted by Gasteiger charge is 2.28. The Morgan fingerprint density at radius 3 is 1.66 bits per heavy atom. The summed E-state index contributed by atoms with van der Waals surface area (Å²) in [4.78, 5) is -2.27. The fourth-order valence-electron chi connectivity index (χ4n) is 5.29. The number of hydrogen-bond donors (Lipinski definition) is 6. The van der Waals surface area contributed by atoms with E-state index in [4.69, 9.17) is 39.7 Å². The predicted molar refractivity (Wildman–Crippen MR) is 217 cm³/mol. The van der Waals surface area contributed by atoms with E-state index in [-0.39, 0.29) is 50.9 Å². The fourth-order valence-corrected chi connectivity index (χ4v) is 10.6. The van der Waals surface area contributed by atoms with E-state index in [2.05, 4.69) is 43.4 Å². The fraction of sp³-hybridized carbons (Fsp3) is 0.267. The van der Waals surface area contributed by atoms with Gasteiger partial charge in [0, 0.05) is 24.3 Å². The first-order valence-corrected chi connectivity index (χ1v) is 24.6. The van der Waals surface area contributed by atoms with Crippen LogP contribution in [0.25, 0.3) is 10.8 Å². The molecule has 0 spiro atoms. The number of anilines is 1. The summed E-state index contributed by atoms with van der Waals surface area (Å²) in [5.41, 5.74) is 3.82. The molecule has 0 radical (unpaired) electrons. The highest BCUT2D eigenvalue weighted by molar-refractivity contribution is 7.94. The average Bonchev–Trinajstić information content (AvgIpc) is 3.22. The Morgan fingerprint density at radius 1 is 0.672 bits per heavy atom. The molecular weight excluding hydrogens is 991 g/mol. The summed E-state index contributed by atoms with van der Waals surface area (Å²) in [5, 5.41) is 51.0. The molecule has 0 aromatic heterocycles. The van der Waals surface area contributed by atoms with Crippen molar-refractivity contribution < 1.29 is 104 Å². The summed E-state index contributed by atoms with van der Waals surface area (Å²) in [7, 11) is -14.5. The second-order valence-electron chi connectivity index (χ2n) is 11.8. The molecule has 28 nitrogen and oxygen atoms in total. The molecule has 0 aliphatic heterocycles. The number of phenols is 1. The van der Waals surface area contributed by atoms with Crippen LogP contribution in [0.1, 0.15) is 0 Å². The number of nitrogens with two attached hydrogens (primary N) is 1. The van der Waals surface area contributed by atoms with E-state index in [9.17, 15) is 47.5 Å². The van der Waals surface area contributed by atoms with Crippen molar-refractivity contribution in [3.8, 4) is 28.7 Å². The number of rotatable bonds is 23. The predicted octanol–water partition coefficient (Wildman–Crippen LogP) is 4.12. The topological polar surface area (TPSA) is 413 Å². The van der Waals surface area contributed by atoms with Gasteiger partial charge in [-0.2, -0.15) is 16.8 Å². The summed E-state index contributed by atoms with van der Waals surface area (Å²) in [6.07, 6.45) is 0. The molecule has 34 heteroatoms. The molecule has 0 aliphatic rings. The second kappa shape index (κ2) is 21.4. The number of nitrogen functional groups attached to an aromatic ring is 1. The number of hydrogen-bond acceptors (Lipinski definition) is 27. The lowest BCUT2D eigenvalue weighted by molar-refractivity contribution is -0.434. The van der Waals surface area contributed by atoms with Gasteiger partial charge in [0.2, 0.25) is 0 Å². The number of methoxy groups -OCH3 is 4. The van der Waals surface area contributed by atoms with Crippen molar-refractivity contribution in [2.24, 2.45) is 20.5 Å².